The third kappa shape index (κ3) is 4.37. The van der Waals surface area contributed by atoms with Gasteiger partial charge in [-0.15, -0.1) is 0 Å². The number of ether oxygens (including phenoxy) is 1. The molecule has 0 unspecified atom stereocenters. The maximum absolute atomic E-state index is 5.50. The Bertz CT molecular complexity index is 513. The zero-order valence-corrected chi connectivity index (χ0v) is 12.6. The molecule has 0 aromatic heterocycles. The summed E-state index contributed by atoms with van der Waals surface area (Å²) in [5.41, 5.74) is 2.54. The summed E-state index contributed by atoms with van der Waals surface area (Å²) < 4.78 is 6.51. The summed E-state index contributed by atoms with van der Waals surface area (Å²) in [4.78, 5) is 0. The predicted octanol–water partition coefficient (Wildman–Crippen LogP) is 4.14. The normalized spacial score (nSPS) is 10.4. The van der Waals surface area contributed by atoms with Crippen LogP contribution in [0, 0.1) is 0 Å². The van der Waals surface area contributed by atoms with Crippen LogP contribution in [0.4, 0.5) is 0 Å². The van der Waals surface area contributed by atoms with Crippen molar-refractivity contribution in [3.05, 3.63) is 64.1 Å². The van der Waals surface area contributed by atoms with Crippen LogP contribution in [0.2, 0.25) is 0 Å². The predicted molar refractivity (Wildman–Crippen MR) is 82.3 cm³/mol. The van der Waals surface area contributed by atoms with Gasteiger partial charge in [-0.25, -0.2) is 0 Å². The monoisotopic (exact) mass is 319 g/mol. The first kappa shape index (κ1) is 14.1. The Morgan fingerprint density at radius 3 is 2.42 bits per heavy atom. The van der Waals surface area contributed by atoms with Crippen molar-refractivity contribution >= 4 is 15.9 Å². The maximum atomic E-state index is 5.50. The number of rotatable bonds is 6. The molecule has 0 aliphatic carbocycles. The van der Waals surface area contributed by atoms with E-state index in [0.29, 0.717) is 6.61 Å². The third-order valence-electron chi connectivity index (χ3n) is 2.80. The van der Waals surface area contributed by atoms with Gasteiger partial charge in [0.1, 0.15) is 5.75 Å². The van der Waals surface area contributed by atoms with Gasteiger partial charge < -0.3 is 10.1 Å². The summed E-state index contributed by atoms with van der Waals surface area (Å²) in [6.45, 7) is 4.40. The van der Waals surface area contributed by atoms with Crippen LogP contribution in [-0.4, -0.2) is 6.61 Å². The number of hydrogen-bond acceptors (Lipinski definition) is 2. The Kier molecular flexibility index (Phi) is 5.43. The van der Waals surface area contributed by atoms with E-state index in [-0.39, 0.29) is 0 Å². The summed E-state index contributed by atoms with van der Waals surface area (Å²) in [6, 6.07) is 16.6. The van der Waals surface area contributed by atoms with E-state index in [1.165, 1.54) is 11.1 Å². The van der Waals surface area contributed by atoms with Gasteiger partial charge in [-0.1, -0.05) is 36.4 Å². The van der Waals surface area contributed by atoms with E-state index >= 15 is 0 Å². The lowest BCUT2D eigenvalue weighted by molar-refractivity contribution is 0.338. The zero-order chi connectivity index (χ0) is 13.5. The van der Waals surface area contributed by atoms with Gasteiger partial charge in [0.15, 0.2) is 0 Å². The van der Waals surface area contributed by atoms with Gasteiger partial charge in [0.25, 0.3) is 0 Å². The Hall–Kier alpha value is -1.32. The fraction of sp³-hybridized carbons (Fsp3) is 0.250. The number of nitrogens with one attached hydrogen (secondary N) is 1. The van der Waals surface area contributed by atoms with Crippen molar-refractivity contribution in [2.45, 2.75) is 20.0 Å². The Morgan fingerprint density at radius 2 is 1.74 bits per heavy atom. The second-order valence-electron chi connectivity index (χ2n) is 4.29. The van der Waals surface area contributed by atoms with Crippen LogP contribution in [0.15, 0.2) is 53.0 Å². The molecule has 0 atom stereocenters. The van der Waals surface area contributed by atoms with Crippen LogP contribution in [0.3, 0.4) is 0 Å². The van der Waals surface area contributed by atoms with Crippen LogP contribution in [0.25, 0.3) is 0 Å². The van der Waals surface area contributed by atoms with Crippen LogP contribution < -0.4 is 10.1 Å². The quantitative estimate of drug-likeness (QED) is 0.864. The molecule has 0 fully saturated rings. The minimum Gasteiger partial charge on any atom is -0.493 e. The van der Waals surface area contributed by atoms with Gasteiger partial charge in [0, 0.05) is 13.1 Å². The second kappa shape index (κ2) is 7.31. The lowest BCUT2D eigenvalue weighted by Gasteiger charge is -2.09. The summed E-state index contributed by atoms with van der Waals surface area (Å²) in [5.74, 6) is 0.898. The third-order valence-corrected chi connectivity index (χ3v) is 3.42. The highest BCUT2D eigenvalue weighted by molar-refractivity contribution is 9.10. The number of benzene rings is 2. The molecule has 2 rings (SSSR count). The molecule has 0 spiro atoms. The van der Waals surface area contributed by atoms with Crippen molar-refractivity contribution in [3.8, 4) is 5.75 Å². The molecular formula is C16H18BrNO. The fourth-order valence-corrected chi connectivity index (χ4v) is 2.41. The lowest BCUT2D eigenvalue weighted by atomic mass is 10.2. The van der Waals surface area contributed by atoms with Gasteiger partial charge in [0.2, 0.25) is 0 Å². The number of halogens is 1. The van der Waals surface area contributed by atoms with Crippen LogP contribution in [0.1, 0.15) is 18.1 Å². The molecule has 0 amide bonds. The maximum Gasteiger partial charge on any atom is 0.133 e. The van der Waals surface area contributed by atoms with Gasteiger partial charge in [-0.3, -0.25) is 0 Å². The molecule has 2 aromatic rings. The number of hydrogen-bond donors (Lipinski definition) is 1. The first-order chi connectivity index (χ1) is 9.29. The van der Waals surface area contributed by atoms with Crippen molar-refractivity contribution in [3.63, 3.8) is 0 Å². The molecule has 0 bridgehead atoms. The molecule has 2 nitrogen and oxygen atoms in total. The average molecular weight is 320 g/mol. The Morgan fingerprint density at radius 1 is 1.00 bits per heavy atom. The van der Waals surface area contributed by atoms with Crippen molar-refractivity contribution in [1.82, 2.24) is 5.32 Å². The smallest absolute Gasteiger partial charge is 0.133 e. The highest BCUT2D eigenvalue weighted by Crippen LogP contribution is 2.25. The highest BCUT2D eigenvalue weighted by atomic mass is 79.9. The summed E-state index contributed by atoms with van der Waals surface area (Å²) in [6.07, 6.45) is 0. The standard InChI is InChI=1S/C16H18BrNO/c1-2-19-16-9-8-14(10-15(16)17)12-18-11-13-6-4-3-5-7-13/h3-10,18H,2,11-12H2,1H3. The largest absolute Gasteiger partial charge is 0.493 e. The second-order valence-corrected chi connectivity index (χ2v) is 5.14. The van der Waals surface area contributed by atoms with E-state index in [4.69, 9.17) is 4.74 Å². The molecule has 0 saturated heterocycles. The van der Waals surface area contributed by atoms with Crippen LogP contribution in [-0.2, 0) is 13.1 Å². The minimum atomic E-state index is 0.685. The summed E-state index contributed by atoms with van der Waals surface area (Å²) in [7, 11) is 0. The molecule has 2 aromatic carbocycles. The SMILES string of the molecule is CCOc1ccc(CNCc2ccccc2)cc1Br. The van der Waals surface area contributed by atoms with E-state index < -0.39 is 0 Å². The van der Waals surface area contributed by atoms with E-state index in [0.717, 1.165) is 23.3 Å². The molecule has 0 aliphatic heterocycles. The highest BCUT2D eigenvalue weighted by Gasteiger charge is 2.02. The topological polar surface area (TPSA) is 21.3 Å². The molecule has 19 heavy (non-hydrogen) atoms. The van der Waals surface area contributed by atoms with Crippen molar-refractivity contribution in [2.24, 2.45) is 0 Å². The molecule has 0 heterocycles. The van der Waals surface area contributed by atoms with Crippen LogP contribution >= 0.6 is 15.9 Å². The minimum absolute atomic E-state index is 0.685. The van der Waals surface area contributed by atoms with Crippen molar-refractivity contribution in [1.29, 1.82) is 0 Å². The zero-order valence-electron chi connectivity index (χ0n) is 11.0. The fourth-order valence-electron chi connectivity index (χ4n) is 1.87. The molecule has 1 N–H and O–H groups in total. The van der Waals surface area contributed by atoms with E-state index in [9.17, 15) is 0 Å². The molecule has 3 heteroatoms. The Labute approximate surface area is 122 Å². The molecule has 0 radical (unpaired) electrons. The van der Waals surface area contributed by atoms with Gasteiger partial charge in [-0.05, 0) is 46.1 Å². The van der Waals surface area contributed by atoms with Gasteiger partial charge in [-0.2, -0.15) is 0 Å². The summed E-state index contributed by atoms with van der Waals surface area (Å²) in [5, 5.41) is 3.44. The molecule has 100 valence electrons. The Balaban J connectivity index is 1.88. The van der Waals surface area contributed by atoms with E-state index in [2.05, 4.69) is 57.6 Å². The molecular weight excluding hydrogens is 302 g/mol. The van der Waals surface area contributed by atoms with Crippen LogP contribution in [0.5, 0.6) is 5.75 Å². The van der Waals surface area contributed by atoms with Crippen molar-refractivity contribution < 1.29 is 4.74 Å². The van der Waals surface area contributed by atoms with Gasteiger partial charge in [0.05, 0.1) is 11.1 Å². The average Bonchev–Trinajstić information content (AvgIpc) is 2.43. The first-order valence-corrected chi connectivity index (χ1v) is 7.24. The summed E-state index contributed by atoms with van der Waals surface area (Å²) >= 11 is 3.53. The first-order valence-electron chi connectivity index (χ1n) is 6.45. The molecule has 0 saturated carbocycles. The molecule has 0 aliphatic rings. The van der Waals surface area contributed by atoms with E-state index in [1.54, 1.807) is 0 Å². The lowest BCUT2D eigenvalue weighted by Crippen LogP contribution is -2.12. The van der Waals surface area contributed by atoms with Gasteiger partial charge >= 0.3 is 0 Å². The van der Waals surface area contributed by atoms with E-state index in [1.807, 2.05) is 19.1 Å². The van der Waals surface area contributed by atoms with Crippen molar-refractivity contribution in [2.75, 3.05) is 6.61 Å².